The standard InChI is InChI=1S/C26H43N5O6/c1-5-16(4)22(31-23(33)19(28)14-17-9-11-18(32)12-10-17)25(35)29-20(8-6-7-13-27)24(34)30-21(15(2)3)26(36)37/h9-12,15-16,19-22,32H,5-8,13-14,27-28H2,1-4H3,(H,29,35)(H,30,34)(H,31,33)(H,36,37). The van der Waals surface area contributed by atoms with Crippen LogP contribution in [0.25, 0.3) is 0 Å². The lowest BCUT2D eigenvalue weighted by atomic mass is 9.96. The fraction of sp³-hybridized carbons (Fsp3) is 0.615. The van der Waals surface area contributed by atoms with Crippen molar-refractivity contribution in [2.45, 2.75) is 84.0 Å². The van der Waals surface area contributed by atoms with E-state index in [-0.39, 0.29) is 30.4 Å². The molecule has 5 unspecified atom stereocenters. The van der Waals surface area contributed by atoms with E-state index >= 15 is 0 Å². The van der Waals surface area contributed by atoms with Crippen LogP contribution >= 0.6 is 0 Å². The normalized spacial score (nSPS) is 15.2. The van der Waals surface area contributed by atoms with Crippen LogP contribution in [0.15, 0.2) is 24.3 Å². The number of phenols is 1. The van der Waals surface area contributed by atoms with Crippen LogP contribution in [0.5, 0.6) is 5.75 Å². The third-order valence-electron chi connectivity index (χ3n) is 6.33. The van der Waals surface area contributed by atoms with Gasteiger partial charge in [-0.15, -0.1) is 0 Å². The van der Waals surface area contributed by atoms with Gasteiger partial charge in [0.25, 0.3) is 0 Å². The van der Waals surface area contributed by atoms with E-state index in [1.54, 1.807) is 32.9 Å². The number of hydrogen-bond donors (Lipinski definition) is 7. The zero-order valence-corrected chi connectivity index (χ0v) is 22.2. The maximum Gasteiger partial charge on any atom is 0.326 e. The van der Waals surface area contributed by atoms with Crippen molar-refractivity contribution >= 4 is 23.7 Å². The molecule has 0 aliphatic carbocycles. The van der Waals surface area contributed by atoms with Crippen molar-refractivity contribution in [2.75, 3.05) is 6.54 Å². The third kappa shape index (κ3) is 10.8. The van der Waals surface area contributed by atoms with Gasteiger partial charge in [0.2, 0.25) is 17.7 Å². The Hall–Kier alpha value is -3.18. The smallest absolute Gasteiger partial charge is 0.326 e. The molecular weight excluding hydrogens is 478 g/mol. The Morgan fingerprint density at radius 3 is 2.00 bits per heavy atom. The van der Waals surface area contributed by atoms with Crippen LogP contribution in [-0.2, 0) is 25.6 Å². The van der Waals surface area contributed by atoms with Gasteiger partial charge in [-0.2, -0.15) is 0 Å². The molecule has 0 radical (unpaired) electrons. The minimum absolute atomic E-state index is 0.100. The van der Waals surface area contributed by atoms with Crippen LogP contribution in [0.4, 0.5) is 0 Å². The Morgan fingerprint density at radius 2 is 1.49 bits per heavy atom. The monoisotopic (exact) mass is 521 g/mol. The summed E-state index contributed by atoms with van der Waals surface area (Å²) in [4.78, 5) is 50.7. The van der Waals surface area contributed by atoms with Gasteiger partial charge in [-0.05, 0) is 61.8 Å². The molecule has 1 rings (SSSR count). The summed E-state index contributed by atoms with van der Waals surface area (Å²) in [5.41, 5.74) is 12.4. The highest BCUT2D eigenvalue weighted by Gasteiger charge is 2.33. The predicted octanol–water partition coefficient (Wildman–Crippen LogP) is 0.632. The van der Waals surface area contributed by atoms with Gasteiger partial charge in [-0.3, -0.25) is 14.4 Å². The Bertz CT molecular complexity index is 892. The number of aliphatic carboxylic acids is 1. The molecule has 0 heterocycles. The summed E-state index contributed by atoms with van der Waals surface area (Å²) in [6, 6.07) is 2.33. The van der Waals surface area contributed by atoms with Gasteiger partial charge in [-0.25, -0.2) is 4.79 Å². The first-order valence-corrected chi connectivity index (χ1v) is 12.8. The van der Waals surface area contributed by atoms with Gasteiger partial charge >= 0.3 is 5.97 Å². The molecule has 0 aromatic heterocycles. The molecule has 0 aliphatic heterocycles. The second kappa shape index (κ2) is 15.8. The molecule has 11 nitrogen and oxygen atoms in total. The van der Waals surface area contributed by atoms with E-state index in [0.717, 1.165) is 5.56 Å². The van der Waals surface area contributed by atoms with E-state index in [1.807, 2.05) is 6.92 Å². The molecule has 5 atom stereocenters. The lowest BCUT2D eigenvalue weighted by molar-refractivity contribution is -0.143. The second-order valence-electron chi connectivity index (χ2n) is 9.76. The van der Waals surface area contributed by atoms with Crippen molar-refractivity contribution in [3.63, 3.8) is 0 Å². The number of amides is 3. The number of carboxylic acids is 1. The number of carboxylic acid groups (broad SMARTS) is 1. The molecule has 1 aromatic carbocycles. The topological polar surface area (TPSA) is 197 Å². The summed E-state index contributed by atoms with van der Waals surface area (Å²) < 4.78 is 0. The second-order valence-corrected chi connectivity index (χ2v) is 9.76. The number of nitrogens with one attached hydrogen (secondary N) is 3. The molecule has 1 aromatic rings. The molecule has 11 heteroatoms. The van der Waals surface area contributed by atoms with E-state index in [9.17, 15) is 29.4 Å². The SMILES string of the molecule is CCC(C)C(NC(=O)C(N)Cc1ccc(O)cc1)C(=O)NC(CCCCN)C(=O)NC(C(=O)O)C(C)C. The number of carbonyl (C=O) groups excluding carboxylic acids is 3. The highest BCUT2D eigenvalue weighted by atomic mass is 16.4. The Morgan fingerprint density at radius 1 is 0.892 bits per heavy atom. The zero-order valence-electron chi connectivity index (χ0n) is 22.2. The van der Waals surface area contributed by atoms with Crippen molar-refractivity contribution in [3.05, 3.63) is 29.8 Å². The molecule has 0 saturated heterocycles. The minimum Gasteiger partial charge on any atom is -0.508 e. The van der Waals surface area contributed by atoms with Gasteiger partial charge < -0.3 is 37.6 Å². The van der Waals surface area contributed by atoms with E-state index in [2.05, 4.69) is 16.0 Å². The quantitative estimate of drug-likeness (QED) is 0.154. The van der Waals surface area contributed by atoms with Crippen LogP contribution in [0.2, 0.25) is 0 Å². The fourth-order valence-corrected chi connectivity index (χ4v) is 3.73. The lowest BCUT2D eigenvalue weighted by Crippen LogP contribution is -2.59. The predicted molar refractivity (Wildman–Crippen MR) is 140 cm³/mol. The van der Waals surface area contributed by atoms with Crippen LogP contribution in [-0.4, -0.2) is 64.6 Å². The summed E-state index contributed by atoms with van der Waals surface area (Å²) in [5.74, 6) is -3.37. The van der Waals surface area contributed by atoms with Gasteiger partial charge in [-0.1, -0.05) is 46.2 Å². The van der Waals surface area contributed by atoms with E-state index in [0.29, 0.717) is 25.8 Å². The minimum atomic E-state index is -1.16. The number of nitrogens with two attached hydrogens (primary N) is 2. The van der Waals surface area contributed by atoms with Crippen LogP contribution in [0.1, 0.15) is 58.9 Å². The number of hydrogen-bond acceptors (Lipinski definition) is 7. The third-order valence-corrected chi connectivity index (χ3v) is 6.33. The molecule has 208 valence electrons. The van der Waals surface area contributed by atoms with E-state index in [4.69, 9.17) is 11.5 Å². The van der Waals surface area contributed by atoms with Crippen LogP contribution < -0.4 is 27.4 Å². The maximum atomic E-state index is 13.3. The van der Waals surface area contributed by atoms with E-state index < -0.39 is 47.9 Å². The van der Waals surface area contributed by atoms with Gasteiger partial charge in [0.1, 0.15) is 23.9 Å². The zero-order chi connectivity index (χ0) is 28.1. The highest BCUT2D eigenvalue weighted by Crippen LogP contribution is 2.13. The van der Waals surface area contributed by atoms with Crippen molar-refractivity contribution in [3.8, 4) is 5.75 Å². The Kier molecular flexibility index (Phi) is 13.6. The molecule has 3 amide bonds. The molecule has 0 fully saturated rings. The van der Waals surface area contributed by atoms with Crippen LogP contribution in [0, 0.1) is 11.8 Å². The summed E-state index contributed by atoms with van der Waals surface area (Å²) in [7, 11) is 0. The number of benzene rings is 1. The van der Waals surface area contributed by atoms with Crippen molar-refractivity contribution in [2.24, 2.45) is 23.3 Å². The Labute approximate surface area is 218 Å². The molecule has 9 N–H and O–H groups in total. The van der Waals surface area contributed by atoms with Gasteiger partial charge in [0.15, 0.2) is 0 Å². The first-order valence-electron chi connectivity index (χ1n) is 12.8. The number of carbonyl (C=O) groups is 4. The average molecular weight is 522 g/mol. The number of phenolic OH excluding ortho intramolecular Hbond substituents is 1. The van der Waals surface area contributed by atoms with Gasteiger partial charge in [0.05, 0.1) is 6.04 Å². The lowest BCUT2D eigenvalue weighted by Gasteiger charge is -2.28. The highest BCUT2D eigenvalue weighted by molar-refractivity contribution is 5.94. The molecule has 37 heavy (non-hydrogen) atoms. The number of aromatic hydroxyl groups is 1. The van der Waals surface area contributed by atoms with E-state index in [1.165, 1.54) is 12.1 Å². The fourth-order valence-electron chi connectivity index (χ4n) is 3.73. The maximum absolute atomic E-state index is 13.3. The summed E-state index contributed by atoms with van der Waals surface area (Å²) in [6.07, 6.45) is 2.22. The summed E-state index contributed by atoms with van der Waals surface area (Å²) in [6.45, 7) is 7.45. The molecule has 0 bridgehead atoms. The summed E-state index contributed by atoms with van der Waals surface area (Å²) in [5, 5.41) is 26.8. The number of unbranched alkanes of at least 4 members (excludes halogenated alkanes) is 1. The van der Waals surface area contributed by atoms with Crippen molar-refractivity contribution in [1.82, 2.24) is 16.0 Å². The van der Waals surface area contributed by atoms with Crippen molar-refractivity contribution < 1.29 is 29.4 Å². The summed E-state index contributed by atoms with van der Waals surface area (Å²) >= 11 is 0. The molecule has 0 aliphatic rings. The Balaban J connectivity index is 2.99. The largest absolute Gasteiger partial charge is 0.508 e. The molecular formula is C26H43N5O6. The number of rotatable bonds is 16. The molecule has 0 spiro atoms. The first kappa shape index (κ1) is 31.8. The van der Waals surface area contributed by atoms with Crippen molar-refractivity contribution in [1.29, 1.82) is 0 Å². The van der Waals surface area contributed by atoms with Gasteiger partial charge in [0, 0.05) is 0 Å². The first-order chi connectivity index (χ1) is 17.4. The average Bonchev–Trinajstić information content (AvgIpc) is 2.85. The van der Waals surface area contributed by atoms with Crippen LogP contribution in [0.3, 0.4) is 0 Å². The molecule has 0 saturated carbocycles.